The summed E-state index contributed by atoms with van der Waals surface area (Å²) in [6.45, 7) is 17.1. The molecule has 0 saturated heterocycles. The van der Waals surface area contributed by atoms with E-state index in [1.807, 2.05) is 33.0 Å². The smallest absolute Gasteiger partial charge is 0.224 e. The summed E-state index contributed by atoms with van der Waals surface area (Å²) in [5, 5.41) is 17.9. The van der Waals surface area contributed by atoms with Gasteiger partial charge in [0.05, 0.1) is 17.0 Å². The van der Waals surface area contributed by atoms with Crippen molar-refractivity contribution < 1.29 is 5.11 Å². The number of aromatic nitrogens is 3. The van der Waals surface area contributed by atoms with Gasteiger partial charge in [0.25, 0.3) is 0 Å². The van der Waals surface area contributed by atoms with Crippen LogP contribution in [0.2, 0.25) is 0 Å². The number of aliphatic hydroxyl groups is 1. The van der Waals surface area contributed by atoms with Gasteiger partial charge in [-0.3, -0.25) is 9.98 Å². The predicted octanol–water partition coefficient (Wildman–Crippen LogP) is 6.70. The highest BCUT2D eigenvalue weighted by Gasteiger charge is 2.50. The molecule has 0 spiro atoms. The molecule has 2 aromatic rings. The van der Waals surface area contributed by atoms with Crippen molar-refractivity contribution in [2.45, 2.75) is 102 Å². The molecule has 0 amide bonds. The Morgan fingerprint density at radius 2 is 1.95 bits per heavy atom. The van der Waals surface area contributed by atoms with Crippen LogP contribution in [0.4, 0.5) is 17.5 Å². The highest BCUT2D eigenvalue weighted by molar-refractivity contribution is 7.98. The zero-order valence-electron chi connectivity index (χ0n) is 23.4. The standard InChI is InChI=1S/C29H44N6OS/c1-8-29(9-2)15-21(29)16-32-27-33-18(3)23(17-37-24-12-13-31-19(4)25(24)30-7)26(35-27)34-22-11-10-20(14-22)28(5,6)36/h12-13,20-22,36H,7-11,14-17H2,1-6H3,(H2,32,33,34,35). The minimum atomic E-state index is -0.661. The highest BCUT2D eigenvalue weighted by atomic mass is 32.2. The second kappa shape index (κ2) is 11.3. The van der Waals surface area contributed by atoms with Crippen molar-refractivity contribution in [3.05, 3.63) is 29.2 Å². The van der Waals surface area contributed by atoms with Crippen LogP contribution >= 0.6 is 11.8 Å². The Morgan fingerprint density at radius 3 is 2.57 bits per heavy atom. The molecule has 2 saturated carbocycles. The fraction of sp³-hybridized carbons (Fsp3) is 0.655. The van der Waals surface area contributed by atoms with Crippen molar-refractivity contribution in [3.8, 4) is 0 Å². The quantitative estimate of drug-likeness (QED) is 0.210. The first-order chi connectivity index (χ1) is 17.6. The second-order valence-electron chi connectivity index (χ2n) is 11.5. The van der Waals surface area contributed by atoms with E-state index in [2.05, 4.69) is 48.1 Å². The van der Waals surface area contributed by atoms with Gasteiger partial charge < -0.3 is 15.7 Å². The third-order valence-electron chi connectivity index (χ3n) is 8.86. The number of nitrogens with one attached hydrogen (secondary N) is 2. The van der Waals surface area contributed by atoms with Gasteiger partial charge in [-0.05, 0) is 83.4 Å². The summed E-state index contributed by atoms with van der Waals surface area (Å²) >= 11 is 1.72. The van der Waals surface area contributed by atoms with E-state index in [0.717, 1.165) is 64.9 Å². The average molecular weight is 525 g/mol. The lowest BCUT2D eigenvalue weighted by Gasteiger charge is -2.26. The normalized spacial score (nSPS) is 22.6. The summed E-state index contributed by atoms with van der Waals surface area (Å²) < 4.78 is 0. The number of pyridine rings is 1. The molecule has 7 nitrogen and oxygen atoms in total. The topological polar surface area (TPSA) is 95.3 Å². The van der Waals surface area contributed by atoms with Crippen molar-refractivity contribution in [3.63, 3.8) is 0 Å². The first kappa shape index (κ1) is 27.8. The number of aliphatic imine (C=N–C) groups is 1. The van der Waals surface area contributed by atoms with E-state index in [-0.39, 0.29) is 12.0 Å². The number of anilines is 2. The molecule has 0 bridgehead atoms. The monoisotopic (exact) mass is 524 g/mol. The van der Waals surface area contributed by atoms with Crippen molar-refractivity contribution in [1.82, 2.24) is 15.0 Å². The van der Waals surface area contributed by atoms with Crippen LogP contribution in [0.25, 0.3) is 0 Å². The lowest BCUT2D eigenvalue weighted by molar-refractivity contribution is 0.0197. The van der Waals surface area contributed by atoms with E-state index in [1.165, 1.54) is 19.3 Å². The highest BCUT2D eigenvalue weighted by Crippen LogP contribution is 2.57. The lowest BCUT2D eigenvalue weighted by Crippen LogP contribution is -2.30. The van der Waals surface area contributed by atoms with Crippen LogP contribution in [-0.4, -0.2) is 45.0 Å². The third-order valence-corrected chi connectivity index (χ3v) is 9.93. The maximum absolute atomic E-state index is 10.6. The Morgan fingerprint density at radius 1 is 1.19 bits per heavy atom. The van der Waals surface area contributed by atoms with Gasteiger partial charge in [-0.1, -0.05) is 26.7 Å². The van der Waals surface area contributed by atoms with Crippen LogP contribution in [0.15, 0.2) is 22.2 Å². The largest absolute Gasteiger partial charge is 0.390 e. The summed E-state index contributed by atoms with van der Waals surface area (Å²) in [5.74, 6) is 3.30. The van der Waals surface area contributed by atoms with E-state index in [0.29, 0.717) is 17.3 Å². The van der Waals surface area contributed by atoms with Crippen LogP contribution in [0.1, 0.15) is 83.2 Å². The molecular formula is C29H44N6OS. The number of thioether (sulfide) groups is 1. The number of aryl methyl sites for hydroxylation is 2. The maximum atomic E-state index is 10.6. The molecule has 2 fully saturated rings. The van der Waals surface area contributed by atoms with Gasteiger partial charge in [0, 0.05) is 40.7 Å². The molecule has 3 N–H and O–H groups in total. The number of hydrogen-bond donors (Lipinski definition) is 3. The summed E-state index contributed by atoms with van der Waals surface area (Å²) in [6.07, 6.45) is 8.56. The third kappa shape index (κ3) is 6.28. The van der Waals surface area contributed by atoms with Crippen LogP contribution in [0, 0.1) is 31.1 Å². The van der Waals surface area contributed by atoms with Gasteiger partial charge in [-0.15, -0.1) is 11.8 Å². The van der Waals surface area contributed by atoms with Gasteiger partial charge in [0.2, 0.25) is 5.95 Å². The van der Waals surface area contributed by atoms with E-state index < -0.39 is 5.60 Å². The fourth-order valence-electron chi connectivity index (χ4n) is 5.96. The molecule has 2 aliphatic carbocycles. The van der Waals surface area contributed by atoms with Crippen molar-refractivity contribution in [2.75, 3.05) is 17.2 Å². The molecule has 202 valence electrons. The minimum Gasteiger partial charge on any atom is -0.390 e. The summed E-state index contributed by atoms with van der Waals surface area (Å²) in [4.78, 5) is 19.5. The van der Waals surface area contributed by atoms with Gasteiger partial charge in [0.15, 0.2) is 0 Å². The van der Waals surface area contributed by atoms with E-state index in [1.54, 1.807) is 11.8 Å². The molecule has 4 rings (SSSR count). The number of nitrogens with zero attached hydrogens (tertiary/aromatic N) is 4. The number of rotatable bonds is 12. The molecule has 2 heterocycles. The van der Waals surface area contributed by atoms with Gasteiger partial charge in [-0.25, -0.2) is 4.98 Å². The maximum Gasteiger partial charge on any atom is 0.224 e. The zero-order chi connectivity index (χ0) is 26.8. The SMILES string of the molecule is C=Nc1c(SCc2c(C)nc(NCC3CC3(CC)CC)nc2NC2CCC(C(C)(C)O)C2)ccnc1C. The van der Waals surface area contributed by atoms with E-state index in [9.17, 15) is 5.11 Å². The lowest BCUT2D eigenvalue weighted by atomic mass is 9.89. The average Bonchev–Trinajstić information content (AvgIpc) is 3.36. The van der Waals surface area contributed by atoms with Crippen LogP contribution in [0.5, 0.6) is 0 Å². The zero-order valence-corrected chi connectivity index (χ0v) is 24.2. The Hall–Kier alpha value is -2.19. The summed E-state index contributed by atoms with van der Waals surface area (Å²) in [6, 6.07) is 2.28. The minimum absolute atomic E-state index is 0.284. The van der Waals surface area contributed by atoms with Crippen LogP contribution in [0.3, 0.4) is 0 Å². The predicted molar refractivity (Wildman–Crippen MR) is 155 cm³/mol. The van der Waals surface area contributed by atoms with Gasteiger partial charge in [0.1, 0.15) is 5.82 Å². The van der Waals surface area contributed by atoms with Crippen LogP contribution < -0.4 is 10.6 Å². The Kier molecular flexibility index (Phi) is 8.48. The first-order valence-electron chi connectivity index (χ1n) is 13.8. The molecule has 37 heavy (non-hydrogen) atoms. The molecule has 8 heteroatoms. The molecule has 3 atom stereocenters. The molecular weight excluding hydrogens is 480 g/mol. The van der Waals surface area contributed by atoms with Crippen molar-refractivity contribution in [1.29, 1.82) is 0 Å². The van der Waals surface area contributed by atoms with Gasteiger partial charge >= 0.3 is 0 Å². The van der Waals surface area contributed by atoms with Crippen LogP contribution in [-0.2, 0) is 5.75 Å². The molecule has 0 radical (unpaired) electrons. The number of hydrogen-bond acceptors (Lipinski definition) is 8. The summed E-state index contributed by atoms with van der Waals surface area (Å²) in [7, 11) is 0. The van der Waals surface area contributed by atoms with Crippen molar-refractivity contribution >= 4 is 35.9 Å². The molecule has 0 aliphatic heterocycles. The molecule has 2 aromatic heterocycles. The fourth-order valence-corrected chi connectivity index (χ4v) is 7.11. The van der Waals surface area contributed by atoms with Crippen molar-refractivity contribution in [2.24, 2.45) is 22.2 Å². The molecule has 2 aliphatic rings. The Labute approximate surface area is 226 Å². The van der Waals surface area contributed by atoms with E-state index in [4.69, 9.17) is 9.97 Å². The van der Waals surface area contributed by atoms with E-state index >= 15 is 0 Å². The Bertz CT molecular complexity index is 1110. The summed E-state index contributed by atoms with van der Waals surface area (Å²) in [5.41, 5.74) is 3.64. The Balaban J connectivity index is 1.54. The van der Waals surface area contributed by atoms with Gasteiger partial charge in [-0.2, -0.15) is 4.98 Å². The first-order valence-corrected chi connectivity index (χ1v) is 14.7. The molecule has 3 unspecified atom stereocenters. The molecule has 0 aromatic carbocycles. The second-order valence-corrected chi connectivity index (χ2v) is 12.5.